The first-order valence-electron chi connectivity index (χ1n) is 11.4. The van der Waals surface area contributed by atoms with Gasteiger partial charge in [0.2, 0.25) is 5.91 Å². The molecule has 1 aliphatic carbocycles. The van der Waals surface area contributed by atoms with Crippen LogP contribution >= 0.6 is 11.6 Å². The molecule has 2 aliphatic heterocycles. The van der Waals surface area contributed by atoms with Crippen molar-refractivity contribution < 1.29 is 23.5 Å². The Morgan fingerprint density at radius 2 is 2.06 bits per heavy atom. The van der Waals surface area contributed by atoms with Crippen LogP contribution in [0.2, 0.25) is 5.02 Å². The molecule has 2 saturated heterocycles. The summed E-state index contributed by atoms with van der Waals surface area (Å²) < 4.78 is 25.2. The van der Waals surface area contributed by atoms with Crippen molar-refractivity contribution in [2.24, 2.45) is 0 Å². The summed E-state index contributed by atoms with van der Waals surface area (Å²) in [5.74, 6) is -0.387. The number of carbonyl (C=O) groups is 2. The summed E-state index contributed by atoms with van der Waals surface area (Å²) in [7, 11) is 0. The monoisotopic (exact) mass is 467 g/mol. The zero-order chi connectivity index (χ0) is 22.7. The third-order valence-corrected chi connectivity index (χ3v) is 6.77. The first kappa shape index (κ1) is 23.3. The summed E-state index contributed by atoms with van der Waals surface area (Å²) in [6, 6.07) is 2.88. The molecule has 1 aromatic rings. The van der Waals surface area contributed by atoms with Gasteiger partial charge in [0.25, 0.3) is 0 Å². The molecule has 0 aromatic heterocycles. The van der Waals surface area contributed by atoms with Crippen LogP contribution in [-0.2, 0) is 20.8 Å². The summed E-state index contributed by atoms with van der Waals surface area (Å²) in [6.45, 7) is 4.65. The Bertz CT molecular complexity index is 845. The maximum absolute atomic E-state index is 14.2. The molecule has 0 bridgehead atoms. The van der Waals surface area contributed by atoms with Gasteiger partial charge in [-0.05, 0) is 50.3 Å². The second-order valence-corrected chi connectivity index (χ2v) is 9.30. The molecule has 1 N–H and O–H groups in total. The van der Waals surface area contributed by atoms with Crippen LogP contribution < -0.4 is 5.32 Å². The zero-order valence-electron chi connectivity index (χ0n) is 18.4. The SMILES string of the molecule is Cc1cc(CNC(=O)N(C2CC2)[C@@H]2CCCN(C(=O)C[C@@H]3COCCO3)C2)c(F)cc1Cl. The van der Waals surface area contributed by atoms with Crippen molar-refractivity contribution in [3.05, 3.63) is 34.1 Å². The Morgan fingerprint density at radius 1 is 1.25 bits per heavy atom. The number of ether oxygens (including phenoxy) is 2. The Morgan fingerprint density at radius 3 is 2.78 bits per heavy atom. The first-order chi connectivity index (χ1) is 15.4. The molecule has 7 nitrogen and oxygen atoms in total. The zero-order valence-corrected chi connectivity index (χ0v) is 19.2. The number of likely N-dealkylation sites (tertiary alicyclic amines) is 1. The number of urea groups is 1. The first-order valence-corrected chi connectivity index (χ1v) is 11.8. The average Bonchev–Trinajstić information content (AvgIpc) is 3.61. The molecule has 4 rings (SSSR count). The summed E-state index contributed by atoms with van der Waals surface area (Å²) in [6.07, 6.45) is 3.72. The van der Waals surface area contributed by atoms with E-state index in [0.717, 1.165) is 31.2 Å². The number of benzene rings is 1. The van der Waals surface area contributed by atoms with Crippen molar-refractivity contribution in [2.45, 2.75) is 63.8 Å². The summed E-state index contributed by atoms with van der Waals surface area (Å²) >= 11 is 5.97. The van der Waals surface area contributed by atoms with Gasteiger partial charge in [0.05, 0.1) is 38.4 Å². The molecule has 3 aliphatic rings. The fraction of sp³-hybridized carbons (Fsp3) is 0.652. The predicted octanol–water partition coefficient (Wildman–Crippen LogP) is 3.26. The third-order valence-electron chi connectivity index (χ3n) is 6.36. The van der Waals surface area contributed by atoms with Crippen LogP contribution in [0, 0.1) is 12.7 Å². The Balaban J connectivity index is 1.36. The van der Waals surface area contributed by atoms with E-state index in [0.29, 0.717) is 49.9 Å². The molecule has 0 unspecified atom stereocenters. The standard InChI is InChI=1S/C23H31ClFN3O4/c1-15-9-16(21(25)11-20(15)24)12-26-23(30)28(17-4-5-17)18-3-2-6-27(13-18)22(29)10-19-14-31-7-8-32-19/h9,11,17-19H,2-8,10,12-14H2,1H3,(H,26,30)/t18-,19-/m1/s1. The van der Waals surface area contributed by atoms with Crippen molar-refractivity contribution in [1.29, 1.82) is 0 Å². The minimum atomic E-state index is -0.428. The van der Waals surface area contributed by atoms with Gasteiger partial charge >= 0.3 is 6.03 Å². The Labute approximate surface area is 193 Å². The number of hydrogen-bond donors (Lipinski definition) is 1. The number of carbonyl (C=O) groups excluding carboxylic acids is 2. The molecule has 176 valence electrons. The maximum atomic E-state index is 14.2. The van der Waals surface area contributed by atoms with Crippen LogP contribution in [0.4, 0.5) is 9.18 Å². The van der Waals surface area contributed by atoms with Gasteiger partial charge in [0.15, 0.2) is 0 Å². The Kier molecular flexibility index (Phi) is 7.53. The summed E-state index contributed by atoms with van der Waals surface area (Å²) in [5.41, 5.74) is 1.18. The molecule has 0 radical (unpaired) electrons. The van der Waals surface area contributed by atoms with Crippen LogP contribution in [0.15, 0.2) is 12.1 Å². The smallest absolute Gasteiger partial charge is 0.318 e. The van der Waals surface area contributed by atoms with Crippen LogP contribution in [0.5, 0.6) is 0 Å². The molecular formula is C23H31ClFN3O4. The van der Waals surface area contributed by atoms with Gasteiger partial charge in [-0.15, -0.1) is 0 Å². The van der Waals surface area contributed by atoms with Crippen LogP contribution in [-0.4, -0.2) is 72.8 Å². The van der Waals surface area contributed by atoms with Crippen LogP contribution in [0.3, 0.4) is 0 Å². The van der Waals surface area contributed by atoms with Gasteiger partial charge < -0.3 is 24.6 Å². The van der Waals surface area contributed by atoms with Gasteiger partial charge in [-0.1, -0.05) is 11.6 Å². The molecule has 1 saturated carbocycles. The van der Waals surface area contributed by atoms with E-state index in [2.05, 4.69) is 5.32 Å². The van der Waals surface area contributed by atoms with Crippen molar-refractivity contribution >= 4 is 23.5 Å². The largest absolute Gasteiger partial charge is 0.376 e. The van der Waals surface area contributed by atoms with Crippen molar-refractivity contribution in [3.8, 4) is 0 Å². The fourth-order valence-corrected chi connectivity index (χ4v) is 4.63. The second-order valence-electron chi connectivity index (χ2n) is 8.90. The molecule has 2 heterocycles. The third kappa shape index (κ3) is 5.71. The topological polar surface area (TPSA) is 71.1 Å². The Hall–Kier alpha value is -1.90. The van der Waals surface area contributed by atoms with Gasteiger partial charge in [0, 0.05) is 36.3 Å². The molecule has 2 atom stereocenters. The average molecular weight is 468 g/mol. The second kappa shape index (κ2) is 10.4. The van der Waals surface area contributed by atoms with E-state index in [1.807, 2.05) is 16.7 Å². The molecule has 9 heteroatoms. The number of amides is 3. The molecule has 32 heavy (non-hydrogen) atoms. The van der Waals surface area contributed by atoms with Gasteiger partial charge in [-0.3, -0.25) is 4.79 Å². The van der Waals surface area contributed by atoms with E-state index in [-0.39, 0.29) is 36.7 Å². The van der Waals surface area contributed by atoms with E-state index >= 15 is 0 Å². The van der Waals surface area contributed by atoms with Crippen molar-refractivity contribution in [3.63, 3.8) is 0 Å². The highest BCUT2D eigenvalue weighted by molar-refractivity contribution is 6.31. The van der Waals surface area contributed by atoms with E-state index in [1.165, 1.54) is 6.07 Å². The van der Waals surface area contributed by atoms with E-state index in [9.17, 15) is 14.0 Å². The van der Waals surface area contributed by atoms with E-state index < -0.39 is 5.82 Å². The molecule has 3 fully saturated rings. The number of piperidine rings is 1. The molecule has 3 amide bonds. The van der Waals surface area contributed by atoms with Crippen LogP contribution in [0.1, 0.15) is 43.2 Å². The number of aryl methyl sites for hydroxylation is 1. The van der Waals surface area contributed by atoms with Gasteiger partial charge in [0.1, 0.15) is 5.82 Å². The summed E-state index contributed by atoms with van der Waals surface area (Å²) in [5, 5.41) is 3.25. The number of nitrogens with zero attached hydrogens (tertiary/aromatic N) is 2. The lowest BCUT2D eigenvalue weighted by Gasteiger charge is -2.40. The highest BCUT2D eigenvalue weighted by Gasteiger charge is 2.40. The van der Waals surface area contributed by atoms with Gasteiger partial charge in [-0.2, -0.15) is 0 Å². The van der Waals surface area contributed by atoms with E-state index in [4.69, 9.17) is 21.1 Å². The number of hydrogen-bond acceptors (Lipinski definition) is 4. The van der Waals surface area contributed by atoms with E-state index in [1.54, 1.807) is 6.07 Å². The minimum Gasteiger partial charge on any atom is -0.376 e. The van der Waals surface area contributed by atoms with Gasteiger partial charge in [-0.25, -0.2) is 9.18 Å². The quantitative estimate of drug-likeness (QED) is 0.697. The lowest BCUT2D eigenvalue weighted by molar-refractivity contribution is -0.142. The highest BCUT2D eigenvalue weighted by Crippen LogP contribution is 2.32. The normalized spacial score (nSPS) is 23.7. The maximum Gasteiger partial charge on any atom is 0.318 e. The minimum absolute atomic E-state index is 0.0412. The van der Waals surface area contributed by atoms with Crippen molar-refractivity contribution in [1.82, 2.24) is 15.1 Å². The lowest BCUT2D eigenvalue weighted by atomic mass is 10.0. The molecule has 0 spiro atoms. The highest BCUT2D eigenvalue weighted by atomic mass is 35.5. The van der Waals surface area contributed by atoms with Crippen molar-refractivity contribution in [2.75, 3.05) is 32.9 Å². The number of rotatable bonds is 6. The fourth-order valence-electron chi connectivity index (χ4n) is 4.48. The predicted molar refractivity (Wildman–Crippen MR) is 118 cm³/mol. The summed E-state index contributed by atoms with van der Waals surface area (Å²) in [4.78, 5) is 29.6. The van der Waals surface area contributed by atoms with Crippen LogP contribution in [0.25, 0.3) is 0 Å². The number of halogens is 2. The number of nitrogens with one attached hydrogen (secondary N) is 1. The lowest BCUT2D eigenvalue weighted by Crippen LogP contribution is -2.55. The molecular weight excluding hydrogens is 437 g/mol. The molecule has 1 aromatic carbocycles.